The van der Waals surface area contributed by atoms with Crippen molar-refractivity contribution in [3.8, 4) is 17.1 Å². The first-order valence-electron chi connectivity index (χ1n) is 9.58. The summed E-state index contributed by atoms with van der Waals surface area (Å²) in [5.74, 6) is 1.42. The van der Waals surface area contributed by atoms with Crippen LogP contribution in [0.25, 0.3) is 11.3 Å². The maximum atomic E-state index is 13.8. The van der Waals surface area contributed by atoms with Gasteiger partial charge in [0.15, 0.2) is 5.76 Å². The molecule has 5 nitrogen and oxygen atoms in total. The quantitative estimate of drug-likeness (QED) is 0.542. The highest BCUT2D eigenvalue weighted by molar-refractivity contribution is 6.30. The molecule has 0 saturated carbocycles. The number of ether oxygens (including phenoxy) is 2. The number of aryl methyl sites for hydroxylation is 1. The Bertz CT molecular complexity index is 969. The molecule has 0 spiro atoms. The van der Waals surface area contributed by atoms with E-state index >= 15 is 0 Å². The van der Waals surface area contributed by atoms with Crippen LogP contribution in [0, 0.1) is 12.7 Å². The normalized spacial score (nSPS) is 16.2. The molecule has 0 aliphatic carbocycles. The standard InChI is InChI=1S/C22H22ClFN2O3/c1-14-22(15-4-6-16(23)7-5-15)29-21(26-14)12-25-19-11-17(24)8-9-20(19)28-13-18-3-2-10-27-18/h4-9,11,18,25H,2-3,10,12-13H2,1H3. The lowest BCUT2D eigenvalue weighted by atomic mass is 10.1. The van der Waals surface area contributed by atoms with Crippen molar-refractivity contribution in [3.63, 3.8) is 0 Å². The van der Waals surface area contributed by atoms with Gasteiger partial charge < -0.3 is 19.2 Å². The van der Waals surface area contributed by atoms with Crippen molar-refractivity contribution in [1.29, 1.82) is 0 Å². The molecule has 3 aromatic rings. The molecule has 29 heavy (non-hydrogen) atoms. The molecule has 1 aliphatic heterocycles. The van der Waals surface area contributed by atoms with Crippen molar-refractivity contribution in [2.24, 2.45) is 0 Å². The van der Waals surface area contributed by atoms with Gasteiger partial charge in [-0.1, -0.05) is 11.6 Å². The van der Waals surface area contributed by atoms with E-state index < -0.39 is 0 Å². The van der Waals surface area contributed by atoms with Crippen LogP contribution in [0.2, 0.25) is 5.02 Å². The van der Waals surface area contributed by atoms with Crippen LogP contribution >= 0.6 is 11.6 Å². The second-order valence-corrected chi connectivity index (χ2v) is 7.41. The number of hydrogen-bond donors (Lipinski definition) is 1. The molecule has 7 heteroatoms. The Hall–Kier alpha value is -2.57. The van der Waals surface area contributed by atoms with Crippen molar-refractivity contribution < 1.29 is 18.3 Å². The van der Waals surface area contributed by atoms with E-state index in [1.54, 1.807) is 18.2 Å². The summed E-state index contributed by atoms with van der Waals surface area (Å²) >= 11 is 5.95. The Morgan fingerprint density at radius 1 is 1.24 bits per heavy atom. The summed E-state index contributed by atoms with van der Waals surface area (Å²) in [5.41, 5.74) is 2.22. The highest BCUT2D eigenvalue weighted by Gasteiger charge is 2.17. The molecular weight excluding hydrogens is 395 g/mol. The summed E-state index contributed by atoms with van der Waals surface area (Å²) in [6.07, 6.45) is 2.11. The molecular formula is C22H22ClFN2O3. The minimum Gasteiger partial charge on any atom is -0.489 e. The predicted octanol–water partition coefficient (Wildman–Crippen LogP) is 5.61. The number of anilines is 1. The van der Waals surface area contributed by atoms with Gasteiger partial charge in [0, 0.05) is 23.3 Å². The molecule has 4 rings (SSSR count). The van der Waals surface area contributed by atoms with Gasteiger partial charge in [-0.05, 0) is 56.2 Å². The number of halogens is 2. The predicted molar refractivity (Wildman–Crippen MR) is 110 cm³/mol. The van der Waals surface area contributed by atoms with E-state index in [9.17, 15) is 4.39 Å². The zero-order chi connectivity index (χ0) is 20.2. The van der Waals surface area contributed by atoms with Crippen molar-refractivity contribution in [2.45, 2.75) is 32.4 Å². The van der Waals surface area contributed by atoms with Gasteiger partial charge >= 0.3 is 0 Å². The van der Waals surface area contributed by atoms with Crippen molar-refractivity contribution in [3.05, 3.63) is 64.9 Å². The zero-order valence-electron chi connectivity index (χ0n) is 16.1. The first-order valence-corrected chi connectivity index (χ1v) is 9.96. The molecule has 1 atom stereocenters. The molecule has 1 N–H and O–H groups in total. The highest BCUT2D eigenvalue weighted by Crippen LogP contribution is 2.29. The van der Waals surface area contributed by atoms with Crippen LogP contribution in [-0.4, -0.2) is 24.3 Å². The van der Waals surface area contributed by atoms with Gasteiger partial charge in [-0.2, -0.15) is 0 Å². The van der Waals surface area contributed by atoms with Gasteiger partial charge in [-0.15, -0.1) is 0 Å². The Morgan fingerprint density at radius 2 is 2.07 bits per heavy atom. The van der Waals surface area contributed by atoms with E-state index in [0.29, 0.717) is 41.3 Å². The van der Waals surface area contributed by atoms with E-state index in [1.165, 1.54) is 12.1 Å². The van der Waals surface area contributed by atoms with Gasteiger partial charge in [0.25, 0.3) is 0 Å². The van der Waals surface area contributed by atoms with Crippen LogP contribution in [0.15, 0.2) is 46.9 Å². The van der Waals surface area contributed by atoms with Crippen molar-refractivity contribution in [2.75, 3.05) is 18.5 Å². The SMILES string of the molecule is Cc1nc(CNc2cc(F)ccc2OCC2CCCO2)oc1-c1ccc(Cl)cc1. The fourth-order valence-corrected chi connectivity index (χ4v) is 3.42. The molecule has 2 aromatic carbocycles. The highest BCUT2D eigenvalue weighted by atomic mass is 35.5. The van der Waals surface area contributed by atoms with Crippen LogP contribution in [0.5, 0.6) is 5.75 Å². The lowest BCUT2D eigenvalue weighted by Crippen LogP contribution is -2.17. The number of benzene rings is 2. The molecule has 1 aliphatic rings. The summed E-state index contributed by atoms with van der Waals surface area (Å²) in [5, 5.41) is 3.83. The average Bonchev–Trinajstić information content (AvgIpc) is 3.36. The summed E-state index contributed by atoms with van der Waals surface area (Å²) < 4.78 is 31.1. The van der Waals surface area contributed by atoms with E-state index in [-0.39, 0.29) is 11.9 Å². The van der Waals surface area contributed by atoms with Crippen molar-refractivity contribution in [1.82, 2.24) is 4.98 Å². The Morgan fingerprint density at radius 3 is 2.83 bits per heavy atom. The van der Waals surface area contributed by atoms with Gasteiger partial charge in [-0.3, -0.25) is 0 Å². The van der Waals surface area contributed by atoms with Gasteiger partial charge in [0.05, 0.1) is 24.0 Å². The Balaban J connectivity index is 1.45. The van der Waals surface area contributed by atoms with Crippen LogP contribution in [0.4, 0.5) is 10.1 Å². The molecule has 0 bridgehead atoms. The second-order valence-electron chi connectivity index (χ2n) is 6.97. The number of hydrogen-bond acceptors (Lipinski definition) is 5. The molecule has 1 saturated heterocycles. The van der Waals surface area contributed by atoms with Crippen molar-refractivity contribution >= 4 is 17.3 Å². The number of oxazole rings is 1. The third kappa shape index (κ3) is 4.89. The van der Waals surface area contributed by atoms with Crippen LogP contribution in [-0.2, 0) is 11.3 Å². The number of aromatic nitrogens is 1. The summed E-state index contributed by atoms with van der Waals surface area (Å²) in [6, 6.07) is 11.8. The maximum Gasteiger partial charge on any atom is 0.214 e. The third-order valence-electron chi connectivity index (χ3n) is 4.77. The topological polar surface area (TPSA) is 56.5 Å². The number of nitrogens with zero attached hydrogens (tertiary/aromatic N) is 1. The van der Waals surface area contributed by atoms with Crippen LogP contribution in [0.3, 0.4) is 0 Å². The van der Waals surface area contributed by atoms with Gasteiger partial charge in [0.1, 0.15) is 18.2 Å². The van der Waals surface area contributed by atoms with E-state index in [1.807, 2.05) is 19.1 Å². The largest absolute Gasteiger partial charge is 0.489 e. The van der Waals surface area contributed by atoms with E-state index in [0.717, 1.165) is 30.7 Å². The molecule has 1 unspecified atom stereocenters. The first-order chi connectivity index (χ1) is 14.1. The molecule has 152 valence electrons. The molecule has 2 heterocycles. The fourth-order valence-electron chi connectivity index (χ4n) is 3.29. The first kappa shape index (κ1) is 19.7. The lowest BCUT2D eigenvalue weighted by Gasteiger charge is -2.15. The Labute approximate surface area is 173 Å². The molecule has 1 aromatic heterocycles. The minimum atomic E-state index is -0.345. The summed E-state index contributed by atoms with van der Waals surface area (Å²) in [6.45, 7) is 3.39. The molecule has 1 fully saturated rings. The smallest absolute Gasteiger partial charge is 0.214 e. The van der Waals surface area contributed by atoms with Crippen LogP contribution in [0.1, 0.15) is 24.4 Å². The number of nitrogens with one attached hydrogen (secondary N) is 1. The summed E-state index contributed by atoms with van der Waals surface area (Å²) in [4.78, 5) is 4.47. The van der Waals surface area contributed by atoms with E-state index in [2.05, 4.69) is 10.3 Å². The average molecular weight is 417 g/mol. The van der Waals surface area contributed by atoms with Gasteiger partial charge in [-0.25, -0.2) is 9.37 Å². The molecule has 0 radical (unpaired) electrons. The van der Waals surface area contributed by atoms with Gasteiger partial charge in [0.2, 0.25) is 5.89 Å². The second kappa shape index (κ2) is 8.84. The molecule has 0 amide bonds. The van der Waals surface area contributed by atoms with E-state index in [4.69, 9.17) is 25.5 Å². The zero-order valence-corrected chi connectivity index (χ0v) is 16.8. The Kier molecular flexibility index (Phi) is 6.02. The lowest BCUT2D eigenvalue weighted by molar-refractivity contribution is 0.0681. The monoisotopic (exact) mass is 416 g/mol. The third-order valence-corrected chi connectivity index (χ3v) is 5.02. The minimum absolute atomic E-state index is 0.0872. The van der Waals surface area contributed by atoms with Crippen LogP contribution < -0.4 is 10.1 Å². The summed E-state index contributed by atoms with van der Waals surface area (Å²) in [7, 11) is 0. The maximum absolute atomic E-state index is 13.8. The number of rotatable bonds is 7. The fraction of sp³-hybridized carbons (Fsp3) is 0.318.